The Hall–Kier alpha value is -3.56. The molecule has 0 heterocycles. The lowest BCUT2D eigenvalue weighted by Crippen LogP contribution is -2.51. The first-order valence-electron chi connectivity index (χ1n) is 13.1. The number of halogens is 1. The van der Waals surface area contributed by atoms with Gasteiger partial charge in [0.1, 0.15) is 18.3 Å². The highest BCUT2D eigenvalue weighted by Gasteiger charge is 2.33. The van der Waals surface area contributed by atoms with E-state index in [4.69, 9.17) is 16.3 Å². The molecule has 3 aromatic carbocycles. The van der Waals surface area contributed by atoms with Crippen molar-refractivity contribution in [1.82, 2.24) is 10.2 Å². The van der Waals surface area contributed by atoms with Gasteiger partial charge in [0.05, 0.1) is 17.7 Å². The van der Waals surface area contributed by atoms with E-state index in [0.29, 0.717) is 28.6 Å². The number of benzene rings is 3. The summed E-state index contributed by atoms with van der Waals surface area (Å²) in [5, 5.41) is 3.28. The maximum absolute atomic E-state index is 14.0. The largest absolute Gasteiger partial charge is 0.497 e. The van der Waals surface area contributed by atoms with Crippen LogP contribution in [0.5, 0.6) is 5.75 Å². The Kier molecular flexibility index (Phi) is 11.0. The molecule has 2 amide bonds. The van der Waals surface area contributed by atoms with Gasteiger partial charge < -0.3 is 15.0 Å². The van der Waals surface area contributed by atoms with Crippen LogP contribution in [0.3, 0.4) is 0 Å². The first-order chi connectivity index (χ1) is 19.1. The van der Waals surface area contributed by atoms with Crippen LogP contribution < -0.4 is 14.4 Å². The number of hydrogen-bond donors (Lipinski definition) is 1. The first kappa shape index (κ1) is 31.0. The Morgan fingerprint density at radius 2 is 1.65 bits per heavy atom. The van der Waals surface area contributed by atoms with E-state index in [-0.39, 0.29) is 17.3 Å². The zero-order valence-corrected chi connectivity index (χ0v) is 24.8. The van der Waals surface area contributed by atoms with Gasteiger partial charge in [0.25, 0.3) is 10.0 Å². The highest BCUT2D eigenvalue weighted by atomic mass is 35.5. The number of rotatable bonds is 13. The molecule has 0 saturated heterocycles. The van der Waals surface area contributed by atoms with Gasteiger partial charge in [0, 0.05) is 18.1 Å². The first-order valence-corrected chi connectivity index (χ1v) is 14.9. The predicted octanol–water partition coefficient (Wildman–Crippen LogP) is 5.19. The number of ether oxygens (including phenoxy) is 1. The number of hydrogen-bond acceptors (Lipinski definition) is 5. The van der Waals surface area contributed by atoms with E-state index in [9.17, 15) is 18.0 Å². The smallest absolute Gasteiger partial charge is 0.264 e. The molecule has 0 aromatic heterocycles. The molecule has 1 atom stereocenters. The number of carbonyl (C=O) groups excluding carboxylic acids is 2. The second-order valence-electron chi connectivity index (χ2n) is 9.44. The molecule has 0 spiro atoms. The highest BCUT2D eigenvalue weighted by Crippen LogP contribution is 2.28. The van der Waals surface area contributed by atoms with Gasteiger partial charge in [-0.1, -0.05) is 55.3 Å². The fourth-order valence-corrected chi connectivity index (χ4v) is 5.74. The van der Waals surface area contributed by atoms with Gasteiger partial charge in [-0.2, -0.15) is 0 Å². The number of sulfonamides is 1. The SMILES string of the molecule is CCCCNC(=O)[C@@H](C)N(Cc1ccc(OC)cc1)C(=O)CN(c1ccccc1C)S(=O)(=O)c1ccc(Cl)cc1. The number of anilines is 1. The fraction of sp³-hybridized carbons (Fsp3) is 0.333. The number of amides is 2. The Morgan fingerprint density at radius 3 is 2.25 bits per heavy atom. The molecule has 214 valence electrons. The lowest BCUT2D eigenvalue weighted by atomic mass is 10.1. The van der Waals surface area contributed by atoms with Crippen molar-refractivity contribution in [1.29, 1.82) is 0 Å². The van der Waals surface area contributed by atoms with E-state index in [0.717, 1.165) is 22.7 Å². The summed E-state index contributed by atoms with van der Waals surface area (Å²) in [6.07, 6.45) is 1.72. The monoisotopic (exact) mass is 585 g/mol. The summed E-state index contributed by atoms with van der Waals surface area (Å²) in [6.45, 7) is 5.55. The molecule has 40 heavy (non-hydrogen) atoms. The number of unbranched alkanes of at least 4 members (excludes halogenated alkanes) is 1. The van der Waals surface area contributed by atoms with Crippen LogP contribution in [0.1, 0.15) is 37.8 Å². The van der Waals surface area contributed by atoms with Gasteiger partial charge >= 0.3 is 0 Å². The minimum atomic E-state index is -4.16. The van der Waals surface area contributed by atoms with E-state index >= 15 is 0 Å². The third-order valence-electron chi connectivity index (χ3n) is 6.57. The summed E-state index contributed by atoms with van der Waals surface area (Å²) >= 11 is 6.00. The van der Waals surface area contributed by atoms with E-state index in [1.165, 1.54) is 29.2 Å². The zero-order chi connectivity index (χ0) is 29.3. The van der Waals surface area contributed by atoms with Gasteiger partial charge in [-0.25, -0.2) is 8.42 Å². The average Bonchev–Trinajstić information content (AvgIpc) is 2.95. The second kappa shape index (κ2) is 14.2. The van der Waals surface area contributed by atoms with Crippen molar-refractivity contribution in [2.75, 3.05) is 24.5 Å². The lowest BCUT2D eigenvalue weighted by Gasteiger charge is -2.32. The molecule has 3 rings (SSSR count). The molecule has 1 N–H and O–H groups in total. The molecular formula is C30H36ClN3O5S. The molecule has 8 nitrogen and oxygen atoms in total. The minimum Gasteiger partial charge on any atom is -0.497 e. The minimum absolute atomic E-state index is 0.0000135. The van der Waals surface area contributed by atoms with E-state index < -0.39 is 28.5 Å². The van der Waals surface area contributed by atoms with Crippen LogP contribution in [0.2, 0.25) is 5.02 Å². The zero-order valence-electron chi connectivity index (χ0n) is 23.3. The van der Waals surface area contributed by atoms with Gasteiger partial charge in [-0.05, 0) is 73.9 Å². The van der Waals surface area contributed by atoms with Crippen molar-refractivity contribution in [2.24, 2.45) is 0 Å². The van der Waals surface area contributed by atoms with Crippen LogP contribution in [0.15, 0.2) is 77.7 Å². The second-order valence-corrected chi connectivity index (χ2v) is 11.7. The third-order valence-corrected chi connectivity index (χ3v) is 8.60. The quantitative estimate of drug-likeness (QED) is 0.279. The number of aryl methyl sites for hydroxylation is 1. The van der Waals surface area contributed by atoms with Crippen molar-refractivity contribution < 1.29 is 22.7 Å². The third kappa shape index (κ3) is 7.76. The molecule has 0 fully saturated rings. The Balaban J connectivity index is 2.00. The summed E-state index contributed by atoms with van der Waals surface area (Å²) in [7, 11) is -2.59. The molecule has 0 radical (unpaired) electrons. The maximum atomic E-state index is 14.0. The van der Waals surface area contributed by atoms with Gasteiger partial charge in [-0.3, -0.25) is 13.9 Å². The normalized spacial score (nSPS) is 11.9. The molecule has 0 aliphatic heterocycles. The standard InChI is InChI=1S/C30H36ClN3O5S/c1-5-6-19-32-30(36)23(3)33(20-24-11-15-26(39-4)16-12-24)29(35)21-34(28-10-8-7-9-22(28)2)40(37,38)27-17-13-25(31)14-18-27/h7-18,23H,5-6,19-21H2,1-4H3,(H,32,36)/t23-/m1/s1. The molecule has 0 bridgehead atoms. The van der Waals surface area contributed by atoms with Crippen molar-refractivity contribution in [3.05, 3.63) is 88.9 Å². The molecule has 0 unspecified atom stereocenters. The molecule has 0 saturated carbocycles. The van der Waals surface area contributed by atoms with E-state index in [1.807, 2.05) is 19.1 Å². The van der Waals surface area contributed by atoms with Gasteiger partial charge in [0.15, 0.2) is 0 Å². The Morgan fingerprint density at radius 1 is 1.00 bits per heavy atom. The number of nitrogens with zero attached hydrogens (tertiary/aromatic N) is 2. The number of nitrogens with one attached hydrogen (secondary N) is 1. The van der Waals surface area contributed by atoms with Crippen molar-refractivity contribution in [3.8, 4) is 5.75 Å². The Labute approximate surface area is 241 Å². The molecule has 0 aliphatic rings. The molecule has 10 heteroatoms. The topological polar surface area (TPSA) is 96.0 Å². The summed E-state index contributed by atoms with van der Waals surface area (Å²) < 4.78 is 34.1. The number of carbonyl (C=O) groups is 2. The number of methoxy groups -OCH3 is 1. The highest BCUT2D eigenvalue weighted by molar-refractivity contribution is 7.92. The molecule has 3 aromatic rings. The van der Waals surface area contributed by atoms with Crippen LogP contribution in [0.4, 0.5) is 5.69 Å². The van der Waals surface area contributed by atoms with Crippen LogP contribution in [-0.2, 0) is 26.2 Å². The summed E-state index contributed by atoms with van der Waals surface area (Å²) in [6, 6.07) is 19.1. The molecular weight excluding hydrogens is 550 g/mol. The van der Waals surface area contributed by atoms with Crippen LogP contribution >= 0.6 is 11.6 Å². The van der Waals surface area contributed by atoms with E-state index in [1.54, 1.807) is 57.4 Å². The van der Waals surface area contributed by atoms with E-state index in [2.05, 4.69) is 5.32 Å². The van der Waals surface area contributed by atoms with Crippen LogP contribution in [0, 0.1) is 6.92 Å². The van der Waals surface area contributed by atoms with Crippen LogP contribution in [0.25, 0.3) is 0 Å². The number of para-hydroxylation sites is 1. The average molecular weight is 586 g/mol. The van der Waals surface area contributed by atoms with Gasteiger partial charge in [-0.15, -0.1) is 0 Å². The van der Waals surface area contributed by atoms with Crippen LogP contribution in [-0.4, -0.2) is 51.4 Å². The Bertz CT molecular complexity index is 1400. The summed E-state index contributed by atoms with van der Waals surface area (Å²) in [5.41, 5.74) is 1.82. The summed E-state index contributed by atoms with van der Waals surface area (Å²) in [4.78, 5) is 28.4. The maximum Gasteiger partial charge on any atom is 0.264 e. The van der Waals surface area contributed by atoms with Crippen molar-refractivity contribution in [2.45, 2.75) is 51.1 Å². The molecule has 0 aliphatic carbocycles. The van der Waals surface area contributed by atoms with Crippen molar-refractivity contribution in [3.63, 3.8) is 0 Å². The predicted molar refractivity (Wildman–Crippen MR) is 158 cm³/mol. The van der Waals surface area contributed by atoms with Crippen molar-refractivity contribution >= 4 is 39.1 Å². The van der Waals surface area contributed by atoms with Gasteiger partial charge in [0.2, 0.25) is 11.8 Å². The summed E-state index contributed by atoms with van der Waals surface area (Å²) in [5.74, 6) is -0.167. The fourth-order valence-electron chi connectivity index (χ4n) is 4.14. The lowest BCUT2D eigenvalue weighted by molar-refractivity contribution is -0.139.